The van der Waals surface area contributed by atoms with E-state index in [1.54, 1.807) is 0 Å². The van der Waals surface area contributed by atoms with E-state index in [-0.39, 0.29) is 23.8 Å². The molecular weight excluding hydrogens is 202 g/mol. The minimum Gasteiger partial charge on any atom is -0.340 e. The molecular formula is C10H20F2N2O. The molecule has 0 radical (unpaired) electrons. The number of amides is 1. The standard InChI is InChI=1S/C10H20F2N2O/c1-10(2,3)7(13)5-9(15)14(4)6-8(11)12/h7-8H,5-6,13H2,1-4H3. The summed E-state index contributed by atoms with van der Waals surface area (Å²) < 4.78 is 24.0. The number of hydrogen-bond acceptors (Lipinski definition) is 2. The van der Waals surface area contributed by atoms with Crippen molar-refractivity contribution in [2.75, 3.05) is 13.6 Å². The first-order valence-electron chi connectivity index (χ1n) is 4.92. The van der Waals surface area contributed by atoms with Crippen molar-refractivity contribution in [3.05, 3.63) is 0 Å². The van der Waals surface area contributed by atoms with Crippen LogP contribution in [0.1, 0.15) is 27.2 Å². The summed E-state index contributed by atoms with van der Waals surface area (Å²) >= 11 is 0. The van der Waals surface area contributed by atoms with Crippen LogP contribution in [0.15, 0.2) is 0 Å². The summed E-state index contributed by atoms with van der Waals surface area (Å²) in [5.74, 6) is -0.335. The number of carbonyl (C=O) groups excluding carboxylic acids is 1. The lowest BCUT2D eigenvalue weighted by Gasteiger charge is -2.28. The summed E-state index contributed by atoms with van der Waals surface area (Å²) in [6, 6.07) is -0.315. The van der Waals surface area contributed by atoms with Gasteiger partial charge in [-0.1, -0.05) is 20.8 Å². The van der Waals surface area contributed by atoms with Crippen LogP contribution >= 0.6 is 0 Å². The minimum absolute atomic E-state index is 0.104. The molecule has 0 spiro atoms. The fraction of sp³-hybridized carbons (Fsp3) is 0.900. The monoisotopic (exact) mass is 222 g/mol. The zero-order valence-corrected chi connectivity index (χ0v) is 9.76. The molecule has 0 aromatic rings. The van der Waals surface area contributed by atoms with E-state index in [2.05, 4.69) is 0 Å². The van der Waals surface area contributed by atoms with E-state index >= 15 is 0 Å². The number of nitrogens with zero attached hydrogens (tertiary/aromatic N) is 1. The second-order valence-electron chi connectivity index (χ2n) is 4.84. The van der Waals surface area contributed by atoms with Crippen LogP contribution in [-0.4, -0.2) is 36.9 Å². The Hall–Kier alpha value is -0.710. The van der Waals surface area contributed by atoms with Gasteiger partial charge in [-0.05, 0) is 5.41 Å². The molecule has 0 aliphatic heterocycles. The molecule has 0 bridgehead atoms. The van der Waals surface area contributed by atoms with Crippen LogP contribution < -0.4 is 5.73 Å². The van der Waals surface area contributed by atoms with Crippen LogP contribution in [0.4, 0.5) is 8.78 Å². The quantitative estimate of drug-likeness (QED) is 0.783. The van der Waals surface area contributed by atoms with Crippen molar-refractivity contribution in [1.82, 2.24) is 4.90 Å². The third-order valence-corrected chi connectivity index (χ3v) is 2.34. The Kier molecular flexibility index (Phi) is 5.14. The average Bonchev–Trinajstić information content (AvgIpc) is 2.00. The molecule has 0 saturated heterocycles. The van der Waals surface area contributed by atoms with Gasteiger partial charge in [0.2, 0.25) is 5.91 Å². The fourth-order valence-electron chi connectivity index (χ4n) is 0.959. The van der Waals surface area contributed by atoms with Crippen molar-refractivity contribution < 1.29 is 13.6 Å². The summed E-state index contributed by atoms with van der Waals surface area (Å²) in [5.41, 5.74) is 5.59. The molecule has 3 nitrogen and oxygen atoms in total. The summed E-state index contributed by atoms with van der Waals surface area (Å²) in [6.45, 7) is 5.21. The molecule has 90 valence electrons. The van der Waals surface area contributed by atoms with Crippen molar-refractivity contribution in [3.63, 3.8) is 0 Å². The maximum Gasteiger partial charge on any atom is 0.255 e. The molecule has 0 fully saturated rings. The first-order chi connectivity index (χ1) is 6.64. The highest BCUT2D eigenvalue weighted by atomic mass is 19.3. The summed E-state index contributed by atoms with van der Waals surface area (Å²) in [4.78, 5) is 12.5. The molecule has 0 aromatic carbocycles. The van der Waals surface area contributed by atoms with Crippen LogP contribution in [0.2, 0.25) is 0 Å². The smallest absolute Gasteiger partial charge is 0.255 e. The van der Waals surface area contributed by atoms with Gasteiger partial charge in [-0.2, -0.15) is 0 Å². The van der Waals surface area contributed by atoms with E-state index in [9.17, 15) is 13.6 Å². The van der Waals surface area contributed by atoms with E-state index in [0.29, 0.717) is 0 Å². The Morgan fingerprint density at radius 1 is 1.40 bits per heavy atom. The number of alkyl halides is 2. The lowest BCUT2D eigenvalue weighted by Crippen LogP contribution is -2.41. The Balaban J connectivity index is 4.14. The van der Waals surface area contributed by atoms with Gasteiger partial charge in [0.05, 0.1) is 6.54 Å². The van der Waals surface area contributed by atoms with Crippen molar-refractivity contribution in [2.24, 2.45) is 11.1 Å². The first kappa shape index (κ1) is 14.3. The van der Waals surface area contributed by atoms with Gasteiger partial charge in [-0.15, -0.1) is 0 Å². The maximum absolute atomic E-state index is 12.0. The minimum atomic E-state index is -2.50. The van der Waals surface area contributed by atoms with Gasteiger partial charge in [-0.25, -0.2) is 8.78 Å². The molecule has 1 unspecified atom stereocenters. The third kappa shape index (κ3) is 5.67. The summed E-state index contributed by atoms with van der Waals surface area (Å²) in [5, 5.41) is 0. The van der Waals surface area contributed by atoms with Crippen molar-refractivity contribution in [3.8, 4) is 0 Å². The van der Waals surface area contributed by atoms with Crippen LogP contribution in [0.5, 0.6) is 0 Å². The SMILES string of the molecule is CN(CC(F)F)C(=O)CC(N)C(C)(C)C. The van der Waals surface area contributed by atoms with Crippen LogP contribution in [0.25, 0.3) is 0 Å². The lowest BCUT2D eigenvalue weighted by molar-refractivity contribution is -0.132. The zero-order valence-electron chi connectivity index (χ0n) is 9.76. The summed E-state index contributed by atoms with van der Waals surface area (Å²) in [6.07, 6.45) is -2.39. The van der Waals surface area contributed by atoms with Gasteiger partial charge in [0.1, 0.15) is 0 Å². The van der Waals surface area contributed by atoms with Crippen molar-refractivity contribution in [1.29, 1.82) is 0 Å². The van der Waals surface area contributed by atoms with E-state index in [1.165, 1.54) is 7.05 Å². The highest BCUT2D eigenvalue weighted by Gasteiger charge is 2.25. The zero-order chi connectivity index (χ0) is 12.2. The molecule has 0 aliphatic rings. The second-order valence-corrected chi connectivity index (χ2v) is 4.84. The molecule has 0 aliphatic carbocycles. The summed E-state index contributed by atoms with van der Waals surface area (Å²) in [7, 11) is 1.36. The Bertz CT molecular complexity index is 214. The van der Waals surface area contributed by atoms with E-state index in [4.69, 9.17) is 5.73 Å². The van der Waals surface area contributed by atoms with E-state index in [0.717, 1.165) is 4.90 Å². The molecule has 0 saturated carbocycles. The molecule has 15 heavy (non-hydrogen) atoms. The van der Waals surface area contributed by atoms with Gasteiger partial charge in [-0.3, -0.25) is 4.79 Å². The Labute approximate surface area is 89.6 Å². The molecule has 0 rings (SSSR count). The van der Waals surface area contributed by atoms with E-state index < -0.39 is 13.0 Å². The van der Waals surface area contributed by atoms with Gasteiger partial charge in [0.25, 0.3) is 6.43 Å². The Morgan fingerprint density at radius 2 is 1.87 bits per heavy atom. The van der Waals surface area contributed by atoms with Crippen LogP contribution in [0.3, 0.4) is 0 Å². The molecule has 0 aromatic heterocycles. The molecule has 2 N–H and O–H groups in total. The number of carbonyl (C=O) groups is 1. The molecule has 5 heteroatoms. The highest BCUT2D eigenvalue weighted by molar-refractivity contribution is 5.76. The lowest BCUT2D eigenvalue weighted by atomic mass is 9.85. The van der Waals surface area contributed by atoms with Gasteiger partial charge >= 0.3 is 0 Å². The predicted octanol–water partition coefficient (Wildman–Crippen LogP) is 1.47. The molecule has 1 amide bonds. The topological polar surface area (TPSA) is 46.3 Å². The molecule has 0 heterocycles. The van der Waals surface area contributed by atoms with E-state index in [1.807, 2.05) is 20.8 Å². The number of hydrogen-bond donors (Lipinski definition) is 1. The fourth-order valence-corrected chi connectivity index (χ4v) is 0.959. The third-order valence-electron chi connectivity index (χ3n) is 2.34. The van der Waals surface area contributed by atoms with Crippen molar-refractivity contribution in [2.45, 2.75) is 39.7 Å². The number of rotatable bonds is 4. The van der Waals surface area contributed by atoms with Gasteiger partial charge in [0.15, 0.2) is 0 Å². The Morgan fingerprint density at radius 3 is 2.20 bits per heavy atom. The van der Waals surface area contributed by atoms with Crippen LogP contribution in [0, 0.1) is 5.41 Å². The first-order valence-corrected chi connectivity index (χ1v) is 4.92. The predicted molar refractivity (Wildman–Crippen MR) is 55.7 cm³/mol. The number of halogens is 2. The second kappa shape index (κ2) is 5.39. The number of nitrogens with two attached hydrogens (primary N) is 1. The molecule has 1 atom stereocenters. The van der Waals surface area contributed by atoms with Crippen molar-refractivity contribution >= 4 is 5.91 Å². The van der Waals surface area contributed by atoms with Gasteiger partial charge < -0.3 is 10.6 Å². The largest absolute Gasteiger partial charge is 0.340 e. The highest BCUT2D eigenvalue weighted by Crippen LogP contribution is 2.20. The van der Waals surface area contributed by atoms with Crippen LogP contribution in [-0.2, 0) is 4.79 Å². The van der Waals surface area contributed by atoms with Gasteiger partial charge in [0, 0.05) is 19.5 Å². The maximum atomic E-state index is 12.0. The average molecular weight is 222 g/mol. The normalized spacial score (nSPS) is 14.1.